The Bertz CT molecular complexity index is 627. The predicted molar refractivity (Wildman–Crippen MR) is 88.8 cm³/mol. The zero-order valence-electron chi connectivity index (χ0n) is 13.5. The van der Waals surface area contributed by atoms with Gasteiger partial charge in [0.05, 0.1) is 0 Å². The van der Waals surface area contributed by atoms with E-state index in [2.05, 4.69) is 38.0 Å². The fraction of sp³-hybridized carbons (Fsp3) is 0.500. The first-order valence-electron chi connectivity index (χ1n) is 7.92. The van der Waals surface area contributed by atoms with Gasteiger partial charge in [0.15, 0.2) is 0 Å². The normalized spacial score (nSPS) is 12.6. The number of unbranched alkanes of at least 4 members (excludes halogenated alkanes) is 2. The van der Waals surface area contributed by atoms with Crippen LogP contribution in [0.15, 0.2) is 18.2 Å². The van der Waals surface area contributed by atoms with E-state index in [4.69, 9.17) is 0 Å². The van der Waals surface area contributed by atoms with E-state index in [0.29, 0.717) is 0 Å². The standard InChI is InChI=1S/C18H26N2O/c1-5-6-7-8-12(2)19-18(21)15-9-10-17-16(11-15)13(3)14(4)20-17/h9-12,20H,5-8H2,1-4H3,(H,19,21). The molecule has 3 heteroatoms. The van der Waals surface area contributed by atoms with E-state index in [-0.39, 0.29) is 11.9 Å². The number of fused-ring (bicyclic) bond motifs is 1. The zero-order chi connectivity index (χ0) is 15.4. The SMILES string of the molecule is CCCCCC(C)NC(=O)c1ccc2[nH]c(C)c(C)c2c1. The van der Waals surface area contributed by atoms with Crippen LogP contribution in [-0.2, 0) is 0 Å². The van der Waals surface area contributed by atoms with Crippen LogP contribution in [0, 0.1) is 13.8 Å². The minimum Gasteiger partial charge on any atom is -0.358 e. The minimum absolute atomic E-state index is 0.0270. The summed E-state index contributed by atoms with van der Waals surface area (Å²) in [6.07, 6.45) is 4.66. The number of carbonyl (C=O) groups excluding carboxylic acids is 1. The molecule has 0 bridgehead atoms. The van der Waals surface area contributed by atoms with E-state index in [9.17, 15) is 4.79 Å². The molecule has 1 unspecified atom stereocenters. The number of hydrogen-bond acceptors (Lipinski definition) is 1. The first kappa shape index (κ1) is 15.6. The molecule has 2 aromatic rings. The van der Waals surface area contributed by atoms with E-state index in [1.807, 2.05) is 18.2 Å². The van der Waals surface area contributed by atoms with Crippen LogP contribution in [0.4, 0.5) is 0 Å². The zero-order valence-corrected chi connectivity index (χ0v) is 13.5. The monoisotopic (exact) mass is 286 g/mol. The third-order valence-electron chi connectivity index (χ3n) is 4.19. The third kappa shape index (κ3) is 3.66. The number of H-pyrrole nitrogens is 1. The molecule has 0 radical (unpaired) electrons. The molecule has 21 heavy (non-hydrogen) atoms. The highest BCUT2D eigenvalue weighted by atomic mass is 16.1. The van der Waals surface area contributed by atoms with Crippen LogP contribution in [0.2, 0.25) is 0 Å². The average Bonchev–Trinajstić information content (AvgIpc) is 2.74. The Labute approximate surface area is 127 Å². The lowest BCUT2D eigenvalue weighted by molar-refractivity contribution is 0.0938. The van der Waals surface area contributed by atoms with Crippen LogP contribution in [-0.4, -0.2) is 16.9 Å². The highest BCUT2D eigenvalue weighted by Crippen LogP contribution is 2.22. The summed E-state index contributed by atoms with van der Waals surface area (Å²) >= 11 is 0. The van der Waals surface area contributed by atoms with Crippen LogP contribution in [0.1, 0.15) is 61.1 Å². The van der Waals surface area contributed by atoms with Crippen molar-refractivity contribution in [2.24, 2.45) is 0 Å². The number of rotatable bonds is 6. The number of benzene rings is 1. The Morgan fingerprint density at radius 1 is 1.29 bits per heavy atom. The molecule has 2 rings (SSSR count). The van der Waals surface area contributed by atoms with Crippen molar-refractivity contribution in [2.75, 3.05) is 0 Å². The molecule has 0 spiro atoms. The van der Waals surface area contributed by atoms with Crippen molar-refractivity contribution in [2.45, 2.75) is 59.4 Å². The number of aryl methyl sites for hydroxylation is 2. The summed E-state index contributed by atoms with van der Waals surface area (Å²) in [6, 6.07) is 6.11. The van der Waals surface area contributed by atoms with Gasteiger partial charge >= 0.3 is 0 Å². The first-order valence-corrected chi connectivity index (χ1v) is 7.92. The quantitative estimate of drug-likeness (QED) is 0.755. The van der Waals surface area contributed by atoms with Crippen molar-refractivity contribution >= 4 is 16.8 Å². The lowest BCUT2D eigenvalue weighted by Gasteiger charge is -2.13. The van der Waals surface area contributed by atoms with Crippen molar-refractivity contribution in [3.8, 4) is 0 Å². The van der Waals surface area contributed by atoms with Crippen LogP contribution in [0.5, 0.6) is 0 Å². The molecule has 1 aromatic heterocycles. The molecule has 0 saturated heterocycles. The number of aromatic nitrogens is 1. The number of carbonyl (C=O) groups is 1. The highest BCUT2D eigenvalue weighted by molar-refractivity contribution is 5.99. The van der Waals surface area contributed by atoms with Gasteiger partial charge in [-0.2, -0.15) is 0 Å². The molecule has 0 fully saturated rings. The molecule has 0 aliphatic rings. The van der Waals surface area contributed by atoms with Gasteiger partial charge in [-0.15, -0.1) is 0 Å². The molecule has 1 atom stereocenters. The van der Waals surface area contributed by atoms with Crippen LogP contribution in [0.25, 0.3) is 10.9 Å². The Balaban J connectivity index is 2.07. The maximum absolute atomic E-state index is 12.3. The Hall–Kier alpha value is -1.77. The van der Waals surface area contributed by atoms with E-state index in [1.165, 1.54) is 24.8 Å². The third-order valence-corrected chi connectivity index (χ3v) is 4.19. The predicted octanol–water partition coefficient (Wildman–Crippen LogP) is 4.48. The topological polar surface area (TPSA) is 44.9 Å². The first-order chi connectivity index (χ1) is 10.0. The molecule has 3 nitrogen and oxygen atoms in total. The fourth-order valence-electron chi connectivity index (χ4n) is 2.68. The molecule has 0 aliphatic heterocycles. The highest BCUT2D eigenvalue weighted by Gasteiger charge is 2.12. The summed E-state index contributed by atoms with van der Waals surface area (Å²) in [6.45, 7) is 8.42. The number of hydrogen-bond donors (Lipinski definition) is 2. The Morgan fingerprint density at radius 3 is 2.76 bits per heavy atom. The van der Waals surface area contributed by atoms with Gasteiger partial charge in [-0.25, -0.2) is 0 Å². The number of amides is 1. The number of aromatic amines is 1. The van der Waals surface area contributed by atoms with Gasteiger partial charge in [-0.3, -0.25) is 4.79 Å². The molecular weight excluding hydrogens is 260 g/mol. The molecule has 0 saturated carbocycles. The molecule has 1 amide bonds. The molecule has 1 heterocycles. The lowest BCUT2D eigenvalue weighted by atomic mass is 10.1. The molecule has 2 N–H and O–H groups in total. The van der Waals surface area contributed by atoms with Crippen molar-refractivity contribution in [1.29, 1.82) is 0 Å². The van der Waals surface area contributed by atoms with Crippen molar-refractivity contribution in [3.05, 3.63) is 35.0 Å². The van der Waals surface area contributed by atoms with Crippen molar-refractivity contribution < 1.29 is 4.79 Å². The summed E-state index contributed by atoms with van der Waals surface area (Å²) in [7, 11) is 0. The average molecular weight is 286 g/mol. The van der Waals surface area contributed by atoms with Crippen LogP contribution >= 0.6 is 0 Å². The van der Waals surface area contributed by atoms with Crippen molar-refractivity contribution in [1.82, 2.24) is 10.3 Å². The second-order valence-corrected chi connectivity index (χ2v) is 6.01. The van der Waals surface area contributed by atoms with Gasteiger partial charge in [0.1, 0.15) is 0 Å². The Kier molecular flexibility index (Phi) is 5.05. The fourth-order valence-corrected chi connectivity index (χ4v) is 2.68. The van der Waals surface area contributed by atoms with E-state index in [1.54, 1.807) is 0 Å². The number of nitrogens with one attached hydrogen (secondary N) is 2. The van der Waals surface area contributed by atoms with E-state index in [0.717, 1.165) is 28.6 Å². The van der Waals surface area contributed by atoms with Gasteiger partial charge in [0.25, 0.3) is 5.91 Å². The van der Waals surface area contributed by atoms with Crippen LogP contribution in [0.3, 0.4) is 0 Å². The second kappa shape index (κ2) is 6.79. The van der Waals surface area contributed by atoms with Gasteiger partial charge in [-0.05, 0) is 51.0 Å². The minimum atomic E-state index is 0.0270. The molecule has 0 aliphatic carbocycles. The summed E-state index contributed by atoms with van der Waals surface area (Å²) in [4.78, 5) is 15.7. The van der Waals surface area contributed by atoms with Gasteiger partial charge in [-0.1, -0.05) is 26.2 Å². The maximum atomic E-state index is 12.3. The van der Waals surface area contributed by atoms with Crippen molar-refractivity contribution in [3.63, 3.8) is 0 Å². The largest absolute Gasteiger partial charge is 0.358 e. The van der Waals surface area contributed by atoms with E-state index < -0.39 is 0 Å². The lowest BCUT2D eigenvalue weighted by Crippen LogP contribution is -2.32. The summed E-state index contributed by atoms with van der Waals surface area (Å²) in [5.74, 6) is 0.0270. The van der Waals surface area contributed by atoms with Crippen LogP contribution < -0.4 is 5.32 Å². The molecule has 1 aromatic carbocycles. The van der Waals surface area contributed by atoms with Gasteiger partial charge in [0.2, 0.25) is 0 Å². The van der Waals surface area contributed by atoms with Gasteiger partial charge in [0, 0.05) is 28.2 Å². The molecule has 114 valence electrons. The summed E-state index contributed by atoms with van der Waals surface area (Å²) < 4.78 is 0. The smallest absolute Gasteiger partial charge is 0.251 e. The maximum Gasteiger partial charge on any atom is 0.251 e. The molecular formula is C18H26N2O. The second-order valence-electron chi connectivity index (χ2n) is 6.01. The Morgan fingerprint density at radius 2 is 2.05 bits per heavy atom. The van der Waals surface area contributed by atoms with E-state index >= 15 is 0 Å². The summed E-state index contributed by atoms with van der Waals surface area (Å²) in [5, 5.41) is 4.23. The summed E-state index contributed by atoms with van der Waals surface area (Å²) in [5.41, 5.74) is 4.22. The van der Waals surface area contributed by atoms with Gasteiger partial charge < -0.3 is 10.3 Å².